The van der Waals surface area contributed by atoms with Crippen molar-refractivity contribution in [1.29, 1.82) is 5.26 Å². The van der Waals surface area contributed by atoms with Crippen LogP contribution in [0.2, 0.25) is 0 Å². The molecule has 8 heteroatoms. The molecule has 0 saturated heterocycles. The fourth-order valence-corrected chi connectivity index (χ4v) is 4.38. The Morgan fingerprint density at radius 2 is 1.86 bits per heavy atom. The van der Waals surface area contributed by atoms with E-state index in [1.807, 2.05) is 6.07 Å². The van der Waals surface area contributed by atoms with Gasteiger partial charge in [-0.2, -0.15) is 5.26 Å². The molecule has 2 N–H and O–H groups in total. The Labute approximate surface area is 166 Å². The largest absolute Gasteiger partial charge is 0.452 e. The van der Waals surface area contributed by atoms with Gasteiger partial charge in [-0.1, -0.05) is 0 Å². The number of hydrogen-bond donors (Lipinski definition) is 2. The Balaban J connectivity index is 1.67. The molecular weight excluding hydrogens is 378 g/mol. The highest BCUT2D eigenvalue weighted by Crippen LogP contribution is 2.38. The summed E-state index contributed by atoms with van der Waals surface area (Å²) in [7, 11) is 0. The molecule has 0 saturated carbocycles. The topological polar surface area (TPSA) is 108 Å². The molecule has 0 unspecified atom stereocenters. The molecule has 0 bridgehead atoms. The number of carbonyl (C=O) groups excluding carboxylic acids is 3. The number of thiophene rings is 1. The number of hydrogen-bond acceptors (Lipinski definition) is 6. The first kappa shape index (κ1) is 19.6. The van der Waals surface area contributed by atoms with Crippen LogP contribution in [0.5, 0.6) is 0 Å². The summed E-state index contributed by atoms with van der Waals surface area (Å²) in [5.74, 6) is -1.35. The first-order valence-corrected chi connectivity index (χ1v) is 9.69. The lowest BCUT2D eigenvalue weighted by molar-refractivity contribution is -0.119. The quantitative estimate of drug-likeness (QED) is 0.753. The maximum atomic E-state index is 12.6. The van der Waals surface area contributed by atoms with Gasteiger partial charge in [0.15, 0.2) is 6.61 Å². The van der Waals surface area contributed by atoms with Gasteiger partial charge in [-0.3, -0.25) is 9.59 Å². The number of anilines is 2. The molecule has 1 aliphatic rings. The van der Waals surface area contributed by atoms with Gasteiger partial charge in [0.1, 0.15) is 5.00 Å². The minimum Gasteiger partial charge on any atom is -0.452 e. The summed E-state index contributed by atoms with van der Waals surface area (Å²) in [6.07, 6.45) is 3.66. The number of benzene rings is 1. The first-order valence-electron chi connectivity index (χ1n) is 8.87. The number of nitrogens with one attached hydrogen (secondary N) is 2. The SMILES string of the molecule is CC(=O)Nc1sc2c(c1C(=O)OCC(=O)Nc1ccc(C#N)cc1)CCCC2. The molecule has 144 valence electrons. The van der Waals surface area contributed by atoms with E-state index in [-0.39, 0.29) is 5.91 Å². The standard InChI is InChI=1S/C20H19N3O4S/c1-12(24)22-19-18(15-4-2-3-5-16(15)28-19)20(26)27-11-17(25)23-14-8-6-13(10-21)7-9-14/h6-9H,2-5,11H2,1H3,(H,22,24)(H,23,25). The summed E-state index contributed by atoms with van der Waals surface area (Å²) in [6.45, 7) is 0.946. The first-order chi connectivity index (χ1) is 13.5. The molecule has 1 aliphatic carbocycles. The number of aryl methyl sites for hydroxylation is 1. The van der Waals surface area contributed by atoms with Crippen molar-refractivity contribution in [2.45, 2.75) is 32.6 Å². The second kappa shape index (κ2) is 8.67. The predicted octanol–water partition coefficient (Wildman–Crippen LogP) is 3.25. The average Bonchev–Trinajstić information content (AvgIpc) is 3.04. The molecular formula is C20H19N3O4S. The van der Waals surface area contributed by atoms with Crippen molar-refractivity contribution in [3.8, 4) is 6.07 Å². The van der Waals surface area contributed by atoms with Crippen LogP contribution in [0.25, 0.3) is 0 Å². The smallest absolute Gasteiger partial charge is 0.341 e. The average molecular weight is 397 g/mol. The highest BCUT2D eigenvalue weighted by molar-refractivity contribution is 7.17. The molecule has 7 nitrogen and oxygen atoms in total. The van der Waals surface area contributed by atoms with E-state index in [1.54, 1.807) is 24.3 Å². The third-order valence-corrected chi connectivity index (χ3v) is 5.50. The van der Waals surface area contributed by atoms with E-state index >= 15 is 0 Å². The van der Waals surface area contributed by atoms with Crippen molar-refractivity contribution in [1.82, 2.24) is 0 Å². The number of fused-ring (bicyclic) bond motifs is 1. The van der Waals surface area contributed by atoms with Crippen LogP contribution in [0.15, 0.2) is 24.3 Å². The van der Waals surface area contributed by atoms with E-state index in [0.717, 1.165) is 36.1 Å². The summed E-state index contributed by atoms with van der Waals surface area (Å²) >= 11 is 1.40. The van der Waals surface area contributed by atoms with Gasteiger partial charge in [0.05, 0.1) is 17.2 Å². The fraction of sp³-hybridized carbons (Fsp3) is 0.300. The molecule has 2 aromatic rings. The van der Waals surface area contributed by atoms with E-state index in [0.29, 0.717) is 21.8 Å². The maximum absolute atomic E-state index is 12.6. The van der Waals surface area contributed by atoms with Gasteiger partial charge in [0.25, 0.3) is 5.91 Å². The molecule has 0 atom stereocenters. The van der Waals surface area contributed by atoms with Gasteiger partial charge >= 0.3 is 5.97 Å². The molecule has 1 aromatic heterocycles. The molecule has 0 radical (unpaired) electrons. The second-order valence-corrected chi connectivity index (χ2v) is 7.51. The number of carbonyl (C=O) groups is 3. The van der Waals surface area contributed by atoms with Crippen molar-refractivity contribution < 1.29 is 19.1 Å². The minimum atomic E-state index is -0.613. The van der Waals surface area contributed by atoms with Gasteiger partial charge in [0, 0.05) is 17.5 Å². The Morgan fingerprint density at radius 1 is 1.14 bits per heavy atom. The van der Waals surface area contributed by atoms with Crippen molar-refractivity contribution in [2.24, 2.45) is 0 Å². The highest BCUT2D eigenvalue weighted by atomic mass is 32.1. The Kier molecular flexibility index (Phi) is 6.06. The summed E-state index contributed by atoms with van der Waals surface area (Å²) in [5.41, 5.74) is 2.27. The second-order valence-electron chi connectivity index (χ2n) is 6.41. The van der Waals surface area contributed by atoms with E-state index in [2.05, 4.69) is 10.6 Å². The number of nitriles is 1. The summed E-state index contributed by atoms with van der Waals surface area (Å²) in [5, 5.41) is 14.6. The van der Waals surface area contributed by atoms with Crippen molar-refractivity contribution in [3.05, 3.63) is 45.8 Å². The van der Waals surface area contributed by atoms with Crippen molar-refractivity contribution in [2.75, 3.05) is 17.2 Å². The minimum absolute atomic E-state index is 0.258. The monoisotopic (exact) mass is 397 g/mol. The number of rotatable bonds is 5. The van der Waals surface area contributed by atoms with Crippen LogP contribution in [0.1, 0.15) is 46.1 Å². The number of esters is 1. The molecule has 28 heavy (non-hydrogen) atoms. The Bertz CT molecular complexity index is 957. The molecule has 0 aliphatic heterocycles. The summed E-state index contributed by atoms with van der Waals surface area (Å²) < 4.78 is 5.21. The van der Waals surface area contributed by atoms with Crippen LogP contribution in [0.4, 0.5) is 10.7 Å². The van der Waals surface area contributed by atoms with Crippen LogP contribution in [-0.4, -0.2) is 24.4 Å². The zero-order valence-corrected chi connectivity index (χ0v) is 16.1. The van der Waals surface area contributed by atoms with Gasteiger partial charge in [-0.25, -0.2) is 4.79 Å². The van der Waals surface area contributed by atoms with Crippen LogP contribution in [0, 0.1) is 11.3 Å². The van der Waals surface area contributed by atoms with E-state index in [4.69, 9.17) is 10.00 Å². The lowest BCUT2D eigenvalue weighted by Gasteiger charge is -2.13. The lowest BCUT2D eigenvalue weighted by Crippen LogP contribution is -2.22. The fourth-order valence-electron chi connectivity index (χ4n) is 3.06. The van der Waals surface area contributed by atoms with Crippen LogP contribution in [-0.2, 0) is 27.2 Å². The van der Waals surface area contributed by atoms with Crippen LogP contribution in [0.3, 0.4) is 0 Å². The maximum Gasteiger partial charge on any atom is 0.341 e. The van der Waals surface area contributed by atoms with Crippen molar-refractivity contribution in [3.63, 3.8) is 0 Å². The third-order valence-electron chi connectivity index (χ3n) is 4.30. The van der Waals surface area contributed by atoms with E-state index in [1.165, 1.54) is 18.3 Å². The van der Waals surface area contributed by atoms with Gasteiger partial charge < -0.3 is 15.4 Å². The Hall–Kier alpha value is -3.18. The summed E-state index contributed by atoms with van der Waals surface area (Å²) in [6, 6.07) is 8.36. The molecule has 2 amide bonds. The molecule has 1 aromatic carbocycles. The lowest BCUT2D eigenvalue weighted by atomic mass is 9.95. The number of nitrogens with zero attached hydrogens (tertiary/aromatic N) is 1. The summed E-state index contributed by atoms with van der Waals surface area (Å²) in [4.78, 5) is 37.3. The normalized spacial score (nSPS) is 12.4. The Morgan fingerprint density at radius 3 is 2.54 bits per heavy atom. The van der Waals surface area contributed by atoms with Gasteiger partial charge in [-0.05, 0) is 55.5 Å². The van der Waals surface area contributed by atoms with Crippen molar-refractivity contribution >= 4 is 39.8 Å². The van der Waals surface area contributed by atoms with Gasteiger partial charge in [-0.15, -0.1) is 11.3 Å². The highest BCUT2D eigenvalue weighted by Gasteiger charge is 2.27. The number of ether oxygens (including phenoxy) is 1. The van der Waals surface area contributed by atoms with E-state index in [9.17, 15) is 14.4 Å². The van der Waals surface area contributed by atoms with Crippen LogP contribution >= 0.6 is 11.3 Å². The molecule has 1 heterocycles. The van der Waals surface area contributed by atoms with Crippen LogP contribution < -0.4 is 10.6 Å². The molecule has 3 rings (SSSR count). The third kappa shape index (κ3) is 4.56. The predicted molar refractivity (Wildman–Crippen MR) is 105 cm³/mol. The molecule has 0 fully saturated rings. The van der Waals surface area contributed by atoms with Gasteiger partial charge in [0.2, 0.25) is 5.91 Å². The zero-order chi connectivity index (χ0) is 20.1. The molecule has 0 spiro atoms. The zero-order valence-electron chi connectivity index (χ0n) is 15.3. The number of amides is 2. The van der Waals surface area contributed by atoms with E-state index < -0.39 is 18.5 Å².